The van der Waals surface area contributed by atoms with Gasteiger partial charge in [0, 0.05) is 10.3 Å². The molecule has 0 aliphatic carbocycles. The van der Waals surface area contributed by atoms with Crippen molar-refractivity contribution in [1.82, 2.24) is 10.2 Å². The fraction of sp³-hybridized carbons (Fsp3) is 0.444. The third-order valence-electron chi connectivity index (χ3n) is 4.82. The van der Waals surface area contributed by atoms with E-state index in [0.717, 1.165) is 25.3 Å². The molecule has 0 saturated carbocycles. The molecule has 3 rings (SSSR count). The van der Waals surface area contributed by atoms with Crippen molar-refractivity contribution in [2.75, 3.05) is 7.11 Å². The quantitative estimate of drug-likeness (QED) is 0.406. The first-order chi connectivity index (χ1) is 13.9. The first-order valence-electron chi connectivity index (χ1n) is 8.71. The number of carboxylic acid groups (broad SMARTS) is 1. The zero-order chi connectivity index (χ0) is 22.4. The average molecular weight is 445 g/mol. The van der Waals surface area contributed by atoms with E-state index >= 15 is 0 Å². The highest BCUT2D eigenvalue weighted by molar-refractivity contribution is 8.01. The Labute approximate surface area is 173 Å². The number of nitrogens with zero attached hydrogens (tertiary/aromatic N) is 2. The number of alkyl halides is 3. The van der Waals surface area contributed by atoms with Crippen LogP contribution in [0, 0.1) is 0 Å². The molecule has 2 heterocycles. The zero-order valence-electron chi connectivity index (χ0n) is 16.1. The summed E-state index contributed by atoms with van der Waals surface area (Å²) in [6.45, 7) is 3.36. The van der Waals surface area contributed by atoms with Crippen molar-refractivity contribution in [2.45, 2.75) is 42.2 Å². The number of carbonyl (C=O) groups excluding carboxylic acids is 2. The van der Waals surface area contributed by atoms with E-state index in [9.17, 15) is 32.7 Å². The molecule has 1 aromatic carbocycles. The molecule has 2 N–H and O–H groups in total. The summed E-state index contributed by atoms with van der Waals surface area (Å²) in [7, 11) is 1.13. The first kappa shape index (κ1) is 21.9. The molecule has 2 fully saturated rings. The van der Waals surface area contributed by atoms with Crippen LogP contribution in [0.5, 0.6) is 0 Å². The number of aliphatic carboxylic acids is 1. The third-order valence-corrected chi connectivity index (χ3v) is 6.39. The van der Waals surface area contributed by atoms with Gasteiger partial charge in [-0.25, -0.2) is 4.79 Å². The topological polar surface area (TPSA) is 108 Å². The van der Waals surface area contributed by atoms with Crippen molar-refractivity contribution in [2.24, 2.45) is 5.16 Å². The summed E-state index contributed by atoms with van der Waals surface area (Å²) in [6.07, 6.45) is -4.62. The van der Waals surface area contributed by atoms with Gasteiger partial charge in [-0.1, -0.05) is 17.3 Å². The molecule has 2 aliphatic heterocycles. The number of nitrogens with one attached hydrogen (secondary N) is 1. The molecule has 0 spiro atoms. The summed E-state index contributed by atoms with van der Waals surface area (Å²) in [5.74, 6) is -2.65. The Kier molecular flexibility index (Phi) is 5.48. The molecule has 162 valence electrons. The molecule has 12 heteroatoms. The predicted molar refractivity (Wildman–Crippen MR) is 101 cm³/mol. The lowest BCUT2D eigenvalue weighted by Crippen LogP contribution is -2.71. The summed E-state index contributed by atoms with van der Waals surface area (Å²) in [6, 6.07) is 1.90. The fourth-order valence-electron chi connectivity index (χ4n) is 3.51. The van der Waals surface area contributed by atoms with E-state index in [0.29, 0.717) is 0 Å². The van der Waals surface area contributed by atoms with Gasteiger partial charge in [-0.15, -0.1) is 11.8 Å². The lowest BCUT2D eigenvalue weighted by Gasteiger charge is -2.43. The molecule has 0 aromatic heterocycles. The molecule has 30 heavy (non-hydrogen) atoms. The minimum Gasteiger partial charge on any atom is -0.480 e. The zero-order valence-corrected chi connectivity index (χ0v) is 16.9. The van der Waals surface area contributed by atoms with Crippen LogP contribution in [0.25, 0.3) is 0 Å². The maximum absolute atomic E-state index is 13.0. The van der Waals surface area contributed by atoms with E-state index in [4.69, 9.17) is 0 Å². The second kappa shape index (κ2) is 7.49. The Morgan fingerprint density at radius 2 is 2.00 bits per heavy atom. The van der Waals surface area contributed by atoms with Crippen LogP contribution >= 0.6 is 11.8 Å². The smallest absolute Gasteiger partial charge is 0.416 e. The molecule has 3 atom stereocenters. The number of thioether (sulfide) groups is 1. The van der Waals surface area contributed by atoms with Gasteiger partial charge < -0.3 is 20.2 Å². The predicted octanol–water partition coefficient (Wildman–Crippen LogP) is 1.69. The Bertz CT molecular complexity index is 934. The number of fused-ring (bicyclic) bond motifs is 1. The number of β-lactam (4-membered cyclic amide) rings is 1. The number of hydrogen-bond acceptors (Lipinski definition) is 6. The van der Waals surface area contributed by atoms with E-state index < -0.39 is 57.4 Å². The standard InChI is InChI=1S/C18H18F3N3O5S/c1-17(2)12(16(27)28)24-14(26)11(15(24)30-17)22-13(25)10(23-29-3)8-5-4-6-9(7-8)18(19,20)21/h4-7,11-12,15H,1-3H3,(H,22,25)(H,27,28)/b23-10-/t11-,12-,15+/m0/s1. The molecule has 2 aliphatic rings. The monoisotopic (exact) mass is 445 g/mol. The van der Waals surface area contributed by atoms with Crippen molar-refractivity contribution in [3.63, 3.8) is 0 Å². The molecule has 8 nitrogen and oxygen atoms in total. The molecule has 2 saturated heterocycles. The summed E-state index contributed by atoms with van der Waals surface area (Å²) >= 11 is 1.22. The van der Waals surface area contributed by atoms with Gasteiger partial charge >= 0.3 is 12.1 Å². The third kappa shape index (κ3) is 3.71. The highest BCUT2D eigenvalue weighted by Gasteiger charge is 2.64. The van der Waals surface area contributed by atoms with E-state index in [1.807, 2.05) is 0 Å². The summed E-state index contributed by atoms with van der Waals surface area (Å²) in [4.78, 5) is 42.5. The van der Waals surface area contributed by atoms with Gasteiger partial charge in [0.15, 0.2) is 5.71 Å². The molecule has 0 radical (unpaired) electrons. The van der Waals surface area contributed by atoms with Crippen molar-refractivity contribution >= 4 is 35.3 Å². The number of oxime groups is 1. The minimum absolute atomic E-state index is 0.143. The number of carbonyl (C=O) groups is 3. The van der Waals surface area contributed by atoms with Crippen molar-refractivity contribution in [3.8, 4) is 0 Å². The second-order valence-electron chi connectivity index (χ2n) is 7.25. The van der Waals surface area contributed by atoms with Gasteiger partial charge in [0.2, 0.25) is 5.91 Å². The van der Waals surface area contributed by atoms with Crippen molar-refractivity contribution < 1.29 is 37.5 Å². The van der Waals surface area contributed by atoms with Gasteiger partial charge in [0.25, 0.3) is 5.91 Å². The van der Waals surface area contributed by atoms with Crippen LogP contribution in [0.15, 0.2) is 29.4 Å². The van der Waals surface area contributed by atoms with Gasteiger partial charge in [0.05, 0.1) is 5.56 Å². The van der Waals surface area contributed by atoms with Gasteiger partial charge in [0.1, 0.15) is 24.6 Å². The Morgan fingerprint density at radius 3 is 2.57 bits per heavy atom. The van der Waals surface area contributed by atoms with Crippen LogP contribution in [0.4, 0.5) is 13.2 Å². The lowest BCUT2D eigenvalue weighted by atomic mass is 9.96. The molecule has 0 bridgehead atoms. The Morgan fingerprint density at radius 1 is 1.33 bits per heavy atom. The molecule has 0 unspecified atom stereocenters. The Balaban J connectivity index is 1.82. The molecular weight excluding hydrogens is 427 g/mol. The molecular formula is C18H18F3N3O5S. The van der Waals surface area contributed by atoms with E-state index in [2.05, 4.69) is 15.3 Å². The van der Waals surface area contributed by atoms with Crippen LogP contribution in [0.2, 0.25) is 0 Å². The van der Waals surface area contributed by atoms with Gasteiger partial charge in [-0.2, -0.15) is 13.2 Å². The van der Waals surface area contributed by atoms with Crippen LogP contribution < -0.4 is 5.32 Å². The fourth-order valence-corrected chi connectivity index (χ4v) is 5.14. The average Bonchev–Trinajstić information content (AvgIpc) is 2.91. The number of hydrogen-bond donors (Lipinski definition) is 2. The van der Waals surface area contributed by atoms with Crippen LogP contribution in [0.3, 0.4) is 0 Å². The van der Waals surface area contributed by atoms with E-state index in [-0.39, 0.29) is 5.56 Å². The maximum Gasteiger partial charge on any atom is 0.416 e. The maximum atomic E-state index is 13.0. The van der Waals surface area contributed by atoms with Crippen LogP contribution in [0.1, 0.15) is 25.0 Å². The molecule has 2 amide bonds. The van der Waals surface area contributed by atoms with Crippen LogP contribution in [-0.4, -0.2) is 62.8 Å². The lowest BCUT2D eigenvalue weighted by molar-refractivity contribution is -0.160. The highest BCUT2D eigenvalue weighted by atomic mass is 32.2. The SMILES string of the molecule is CO/N=C(\C(=O)N[C@H]1C(=O)N2[C@@H]1SC(C)(C)[C@@H]2C(=O)O)c1cccc(C(F)(F)F)c1. The number of carboxylic acids is 1. The number of benzene rings is 1. The van der Waals surface area contributed by atoms with Crippen molar-refractivity contribution in [3.05, 3.63) is 35.4 Å². The summed E-state index contributed by atoms with van der Waals surface area (Å²) in [5, 5.41) is 14.8. The first-order valence-corrected chi connectivity index (χ1v) is 9.59. The van der Waals surface area contributed by atoms with Crippen LogP contribution in [-0.2, 0) is 25.4 Å². The largest absolute Gasteiger partial charge is 0.480 e. The summed E-state index contributed by atoms with van der Waals surface area (Å²) in [5.41, 5.74) is -1.55. The highest BCUT2D eigenvalue weighted by Crippen LogP contribution is 2.50. The summed E-state index contributed by atoms with van der Waals surface area (Å²) < 4.78 is 38.2. The Hall–Kier alpha value is -2.76. The number of amides is 2. The molecule has 1 aromatic rings. The minimum atomic E-state index is -4.62. The number of rotatable bonds is 5. The van der Waals surface area contributed by atoms with Crippen molar-refractivity contribution in [1.29, 1.82) is 0 Å². The van der Waals surface area contributed by atoms with Gasteiger partial charge in [-0.05, 0) is 26.0 Å². The van der Waals surface area contributed by atoms with E-state index in [1.165, 1.54) is 22.7 Å². The van der Waals surface area contributed by atoms with E-state index in [1.54, 1.807) is 13.8 Å². The second-order valence-corrected chi connectivity index (χ2v) is 9.02. The number of halogens is 3. The normalized spacial score (nSPS) is 25.4. The van der Waals surface area contributed by atoms with Gasteiger partial charge in [-0.3, -0.25) is 9.59 Å².